The van der Waals surface area contributed by atoms with Crippen molar-refractivity contribution in [1.82, 2.24) is 4.90 Å². The Kier molecular flexibility index (Phi) is 4.61. The highest BCUT2D eigenvalue weighted by molar-refractivity contribution is 5.35. The van der Waals surface area contributed by atoms with Crippen molar-refractivity contribution in [2.45, 2.75) is 38.3 Å². The third-order valence-corrected chi connectivity index (χ3v) is 3.63. The van der Waals surface area contributed by atoms with E-state index in [1.54, 1.807) is 0 Å². The number of nitrogens with zero attached hydrogens (tertiary/aromatic N) is 1. The van der Waals surface area contributed by atoms with Gasteiger partial charge >= 0.3 is 0 Å². The van der Waals surface area contributed by atoms with Crippen molar-refractivity contribution < 1.29 is 4.74 Å². The number of likely N-dealkylation sites (N-methyl/N-ethyl adjacent to an activating group) is 1. The molecule has 3 nitrogen and oxygen atoms in total. The van der Waals surface area contributed by atoms with Gasteiger partial charge in [-0.3, -0.25) is 0 Å². The van der Waals surface area contributed by atoms with Crippen LogP contribution in [0.2, 0.25) is 0 Å². The zero-order valence-corrected chi connectivity index (χ0v) is 11.4. The molecular formula is C15H24N2O. The number of hydrogen-bond donors (Lipinski definition) is 1. The Morgan fingerprint density at radius 3 is 2.78 bits per heavy atom. The summed E-state index contributed by atoms with van der Waals surface area (Å²) < 4.78 is 5.89. The van der Waals surface area contributed by atoms with Gasteiger partial charge in [0.1, 0.15) is 12.4 Å². The largest absolute Gasteiger partial charge is 0.492 e. The van der Waals surface area contributed by atoms with Gasteiger partial charge < -0.3 is 15.4 Å². The first kappa shape index (κ1) is 13.4. The second-order valence-electron chi connectivity index (χ2n) is 5.11. The molecule has 100 valence electrons. The maximum absolute atomic E-state index is 6.09. The van der Waals surface area contributed by atoms with Crippen LogP contribution in [0.15, 0.2) is 24.3 Å². The Labute approximate surface area is 110 Å². The molecule has 0 aromatic heterocycles. The van der Waals surface area contributed by atoms with Crippen molar-refractivity contribution in [3.8, 4) is 5.75 Å². The van der Waals surface area contributed by atoms with Gasteiger partial charge in [0.2, 0.25) is 0 Å². The molecule has 0 heterocycles. The number of nitrogens with two attached hydrogens (primary N) is 1. The Hall–Kier alpha value is -1.06. The normalized spacial score (nSPS) is 16.9. The van der Waals surface area contributed by atoms with Gasteiger partial charge in [0.15, 0.2) is 0 Å². The summed E-state index contributed by atoms with van der Waals surface area (Å²) in [4.78, 5) is 2.38. The Balaban J connectivity index is 1.87. The quantitative estimate of drug-likeness (QED) is 0.806. The molecule has 1 aliphatic rings. The molecule has 18 heavy (non-hydrogen) atoms. The molecule has 0 radical (unpaired) electrons. The van der Waals surface area contributed by atoms with Crippen LogP contribution < -0.4 is 10.5 Å². The van der Waals surface area contributed by atoms with Gasteiger partial charge in [-0.2, -0.15) is 0 Å². The van der Waals surface area contributed by atoms with Crippen molar-refractivity contribution in [1.29, 1.82) is 0 Å². The Morgan fingerprint density at radius 2 is 2.11 bits per heavy atom. The molecule has 1 atom stereocenters. The summed E-state index contributed by atoms with van der Waals surface area (Å²) >= 11 is 0. The third-order valence-electron chi connectivity index (χ3n) is 3.63. The van der Waals surface area contributed by atoms with E-state index in [2.05, 4.69) is 24.9 Å². The topological polar surface area (TPSA) is 38.5 Å². The van der Waals surface area contributed by atoms with Crippen molar-refractivity contribution in [2.75, 3.05) is 20.2 Å². The van der Waals surface area contributed by atoms with Gasteiger partial charge in [0, 0.05) is 24.2 Å². The van der Waals surface area contributed by atoms with E-state index in [1.807, 2.05) is 18.2 Å². The second kappa shape index (κ2) is 6.21. The molecule has 1 aliphatic carbocycles. The van der Waals surface area contributed by atoms with Gasteiger partial charge in [-0.05, 0) is 32.4 Å². The Morgan fingerprint density at radius 1 is 1.39 bits per heavy atom. The summed E-state index contributed by atoms with van der Waals surface area (Å²) in [7, 11) is 2.17. The van der Waals surface area contributed by atoms with Crippen molar-refractivity contribution in [2.24, 2.45) is 5.73 Å². The van der Waals surface area contributed by atoms with Crippen LogP contribution in [0.25, 0.3) is 0 Å². The standard InChI is InChI=1S/C15H24N2O/c1-3-14(16)13-6-4-5-7-15(13)18-11-10-17(2)12-8-9-12/h4-7,12,14H,3,8-11,16H2,1-2H3. The SMILES string of the molecule is CCC(N)c1ccccc1OCCN(C)C1CC1. The predicted octanol–water partition coefficient (Wildman–Crippen LogP) is 2.57. The minimum Gasteiger partial charge on any atom is -0.492 e. The molecule has 0 saturated heterocycles. The number of para-hydroxylation sites is 1. The van der Waals surface area contributed by atoms with E-state index < -0.39 is 0 Å². The first-order chi connectivity index (χ1) is 8.72. The fourth-order valence-corrected chi connectivity index (χ4v) is 2.14. The van der Waals surface area contributed by atoms with Crippen molar-refractivity contribution in [3.63, 3.8) is 0 Å². The van der Waals surface area contributed by atoms with E-state index in [9.17, 15) is 0 Å². The number of ether oxygens (including phenoxy) is 1. The molecule has 1 aromatic carbocycles. The van der Waals surface area contributed by atoms with Crippen LogP contribution in [0, 0.1) is 0 Å². The summed E-state index contributed by atoms with van der Waals surface area (Å²) in [6, 6.07) is 8.97. The molecule has 1 fully saturated rings. The lowest BCUT2D eigenvalue weighted by Crippen LogP contribution is -2.26. The van der Waals surface area contributed by atoms with Gasteiger partial charge in [0.25, 0.3) is 0 Å². The molecule has 1 aromatic rings. The highest BCUT2D eigenvalue weighted by atomic mass is 16.5. The molecule has 3 heteroatoms. The summed E-state index contributed by atoms with van der Waals surface area (Å²) in [5, 5.41) is 0. The summed E-state index contributed by atoms with van der Waals surface area (Å²) in [5.74, 6) is 0.941. The van der Waals surface area contributed by atoms with E-state index in [-0.39, 0.29) is 6.04 Å². The van der Waals surface area contributed by atoms with E-state index in [1.165, 1.54) is 12.8 Å². The van der Waals surface area contributed by atoms with E-state index >= 15 is 0 Å². The van der Waals surface area contributed by atoms with Crippen LogP contribution in [0.1, 0.15) is 37.8 Å². The average molecular weight is 248 g/mol. The summed E-state index contributed by atoms with van der Waals surface area (Å²) in [6.45, 7) is 3.82. The minimum absolute atomic E-state index is 0.0716. The van der Waals surface area contributed by atoms with E-state index in [4.69, 9.17) is 10.5 Å². The monoisotopic (exact) mass is 248 g/mol. The number of benzene rings is 1. The van der Waals surface area contributed by atoms with Gasteiger partial charge in [-0.15, -0.1) is 0 Å². The highest BCUT2D eigenvalue weighted by Gasteiger charge is 2.25. The van der Waals surface area contributed by atoms with Gasteiger partial charge in [-0.25, -0.2) is 0 Å². The van der Waals surface area contributed by atoms with Crippen LogP contribution in [-0.4, -0.2) is 31.1 Å². The Bertz CT molecular complexity index is 377. The molecule has 1 unspecified atom stereocenters. The molecule has 1 saturated carbocycles. The molecule has 0 amide bonds. The number of rotatable bonds is 7. The summed E-state index contributed by atoms with van der Waals surface area (Å²) in [5.41, 5.74) is 7.21. The van der Waals surface area contributed by atoms with Crippen LogP contribution in [0.5, 0.6) is 5.75 Å². The first-order valence-electron chi connectivity index (χ1n) is 6.90. The highest BCUT2D eigenvalue weighted by Crippen LogP contribution is 2.26. The predicted molar refractivity (Wildman–Crippen MR) is 74.8 cm³/mol. The minimum atomic E-state index is 0.0716. The van der Waals surface area contributed by atoms with E-state index in [0.717, 1.165) is 36.9 Å². The fourth-order valence-electron chi connectivity index (χ4n) is 2.14. The first-order valence-corrected chi connectivity index (χ1v) is 6.90. The molecular weight excluding hydrogens is 224 g/mol. The zero-order chi connectivity index (χ0) is 13.0. The van der Waals surface area contributed by atoms with Crippen LogP contribution in [0.4, 0.5) is 0 Å². The molecule has 2 N–H and O–H groups in total. The molecule has 0 aliphatic heterocycles. The van der Waals surface area contributed by atoms with Crippen LogP contribution in [0.3, 0.4) is 0 Å². The maximum Gasteiger partial charge on any atom is 0.124 e. The number of hydrogen-bond acceptors (Lipinski definition) is 3. The second-order valence-corrected chi connectivity index (χ2v) is 5.11. The van der Waals surface area contributed by atoms with Crippen molar-refractivity contribution >= 4 is 0 Å². The molecule has 0 bridgehead atoms. The molecule has 2 rings (SSSR count). The lowest BCUT2D eigenvalue weighted by atomic mass is 10.0. The van der Waals surface area contributed by atoms with Gasteiger partial charge in [-0.1, -0.05) is 25.1 Å². The fraction of sp³-hybridized carbons (Fsp3) is 0.600. The van der Waals surface area contributed by atoms with Gasteiger partial charge in [0.05, 0.1) is 0 Å². The van der Waals surface area contributed by atoms with Crippen LogP contribution in [-0.2, 0) is 0 Å². The lowest BCUT2D eigenvalue weighted by molar-refractivity contribution is 0.230. The maximum atomic E-state index is 6.09. The average Bonchev–Trinajstić information content (AvgIpc) is 3.22. The molecule has 0 spiro atoms. The zero-order valence-electron chi connectivity index (χ0n) is 11.4. The summed E-state index contributed by atoms with van der Waals surface area (Å²) in [6.07, 6.45) is 3.62. The van der Waals surface area contributed by atoms with Crippen LogP contribution >= 0.6 is 0 Å². The third kappa shape index (κ3) is 3.47. The van der Waals surface area contributed by atoms with E-state index in [0.29, 0.717) is 0 Å². The van der Waals surface area contributed by atoms with Crippen molar-refractivity contribution in [3.05, 3.63) is 29.8 Å². The lowest BCUT2D eigenvalue weighted by Gasteiger charge is -2.18. The smallest absolute Gasteiger partial charge is 0.124 e.